The lowest BCUT2D eigenvalue weighted by atomic mass is 10.0. The zero-order valence-corrected chi connectivity index (χ0v) is 11.3. The van der Waals surface area contributed by atoms with Gasteiger partial charge in [0.05, 0.1) is 22.5 Å². The molecular formula is C12H21ClN2O. The van der Waals surface area contributed by atoms with E-state index in [2.05, 4.69) is 5.10 Å². The van der Waals surface area contributed by atoms with Crippen molar-refractivity contribution in [2.75, 3.05) is 0 Å². The molecule has 0 saturated heterocycles. The Morgan fingerprint density at radius 3 is 2.44 bits per heavy atom. The van der Waals surface area contributed by atoms with Gasteiger partial charge in [-0.3, -0.25) is 4.68 Å². The number of aliphatic hydroxyl groups excluding tert-OH is 1. The maximum atomic E-state index is 9.91. The Hall–Kier alpha value is -0.540. The topological polar surface area (TPSA) is 38.0 Å². The Morgan fingerprint density at radius 1 is 1.38 bits per heavy atom. The molecule has 0 fully saturated rings. The number of rotatable bonds is 5. The van der Waals surface area contributed by atoms with E-state index in [-0.39, 0.29) is 12.0 Å². The van der Waals surface area contributed by atoms with Gasteiger partial charge in [-0.25, -0.2) is 0 Å². The van der Waals surface area contributed by atoms with Crippen molar-refractivity contribution in [3.63, 3.8) is 0 Å². The Labute approximate surface area is 102 Å². The molecule has 1 unspecified atom stereocenters. The fourth-order valence-corrected chi connectivity index (χ4v) is 1.99. The average molecular weight is 245 g/mol. The minimum absolute atomic E-state index is 0.237. The largest absolute Gasteiger partial charge is 0.392 e. The van der Waals surface area contributed by atoms with E-state index in [1.54, 1.807) is 0 Å². The number of aryl methyl sites for hydroxylation is 2. The van der Waals surface area contributed by atoms with E-state index in [1.807, 2.05) is 32.4 Å². The fraction of sp³-hybridized carbons (Fsp3) is 0.750. The van der Waals surface area contributed by atoms with E-state index in [1.165, 1.54) is 0 Å². The van der Waals surface area contributed by atoms with Crippen molar-refractivity contribution >= 4 is 11.6 Å². The van der Waals surface area contributed by atoms with E-state index in [9.17, 15) is 5.11 Å². The average Bonchev–Trinajstić information content (AvgIpc) is 2.55. The van der Waals surface area contributed by atoms with Crippen LogP contribution in [0.3, 0.4) is 0 Å². The van der Waals surface area contributed by atoms with Crippen molar-refractivity contribution in [1.82, 2.24) is 9.78 Å². The Balaban J connectivity index is 2.97. The van der Waals surface area contributed by atoms with Gasteiger partial charge >= 0.3 is 0 Å². The van der Waals surface area contributed by atoms with E-state index in [0.717, 1.165) is 29.4 Å². The smallest absolute Gasteiger partial charge is 0.0850 e. The standard InChI is InChI=1S/C12H21ClN2O/c1-5-9-12(13)10(15(6-2)14-9)7-11(16)8(3)4/h8,11,16H,5-7H2,1-4H3. The second-order valence-electron chi connectivity index (χ2n) is 4.39. The number of halogens is 1. The lowest BCUT2D eigenvalue weighted by Crippen LogP contribution is -2.20. The van der Waals surface area contributed by atoms with Crippen LogP contribution in [-0.4, -0.2) is 21.0 Å². The number of hydrogen-bond donors (Lipinski definition) is 1. The molecule has 1 heterocycles. The van der Waals surface area contributed by atoms with Gasteiger partial charge in [0.1, 0.15) is 0 Å². The summed E-state index contributed by atoms with van der Waals surface area (Å²) in [7, 11) is 0. The molecule has 0 aliphatic carbocycles. The lowest BCUT2D eigenvalue weighted by Gasteiger charge is -2.15. The number of hydrogen-bond acceptors (Lipinski definition) is 2. The molecule has 92 valence electrons. The fourth-order valence-electron chi connectivity index (χ4n) is 1.65. The molecule has 1 atom stereocenters. The van der Waals surface area contributed by atoms with Gasteiger partial charge < -0.3 is 5.11 Å². The molecule has 0 aliphatic heterocycles. The number of aliphatic hydroxyl groups is 1. The minimum atomic E-state index is -0.357. The van der Waals surface area contributed by atoms with E-state index >= 15 is 0 Å². The normalized spacial score (nSPS) is 13.4. The van der Waals surface area contributed by atoms with Crippen molar-refractivity contribution < 1.29 is 5.11 Å². The zero-order valence-electron chi connectivity index (χ0n) is 10.5. The lowest BCUT2D eigenvalue weighted by molar-refractivity contribution is 0.123. The first kappa shape index (κ1) is 13.5. The van der Waals surface area contributed by atoms with Crippen molar-refractivity contribution in [2.24, 2.45) is 5.92 Å². The number of aromatic nitrogens is 2. The first-order chi connectivity index (χ1) is 7.51. The Morgan fingerprint density at radius 2 is 2.00 bits per heavy atom. The highest BCUT2D eigenvalue weighted by Crippen LogP contribution is 2.24. The summed E-state index contributed by atoms with van der Waals surface area (Å²) < 4.78 is 1.90. The van der Waals surface area contributed by atoms with Crippen LogP contribution in [0.25, 0.3) is 0 Å². The van der Waals surface area contributed by atoms with Crippen molar-refractivity contribution in [3.8, 4) is 0 Å². The molecule has 0 bridgehead atoms. The van der Waals surface area contributed by atoms with Gasteiger partial charge in [-0.2, -0.15) is 5.10 Å². The third-order valence-electron chi connectivity index (χ3n) is 2.87. The van der Waals surface area contributed by atoms with E-state index < -0.39 is 0 Å². The molecule has 0 amide bonds. The highest BCUT2D eigenvalue weighted by molar-refractivity contribution is 6.31. The molecule has 1 aromatic rings. The van der Waals surface area contributed by atoms with Gasteiger partial charge in [-0.1, -0.05) is 32.4 Å². The summed E-state index contributed by atoms with van der Waals surface area (Å²) in [5.74, 6) is 0.237. The second-order valence-corrected chi connectivity index (χ2v) is 4.77. The quantitative estimate of drug-likeness (QED) is 0.865. The summed E-state index contributed by atoms with van der Waals surface area (Å²) in [6.45, 7) is 8.88. The summed E-state index contributed by atoms with van der Waals surface area (Å²) in [6, 6.07) is 0. The van der Waals surface area contributed by atoms with Crippen LogP contribution in [0.15, 0.2) is 0 Å². The molecule has 1 rings (SSSR count). The minimum Gasteiger partial charge on any atom is -0.392 e. The van der Waals surface area contributed by atoms with Crippen LogP contribution in [0.5, 0.6) is 0 Å². The van der Waals surface area contributed by atoms with Gasteiger partial charge in [0.2, 0.25) is 0 Å². The molecule has 3 nitrogen and oxygen atoms in total. The summed E-state index contributed by atoms with van der Waals surface area (Å²) in [6.07, 6.45) is 1.05. The monoisotopic (exact) mass is 244 g/mol. The first-order valence-corrected chi connectivity index (χ1v) is 6.31. The van der Waals surface area contributed by atoms with Crippen LogP contribution in [0, 0.1) is 5.92 Å². The molecule has 0 radical (unpaired) electrons. The second kappa shape index (κ2) is 5.69. The summed E-state index contributed by atoms with van der Waals surface area (Å²) in [4.78, 5) is 0. The predicted octanol–water partition coefficient (Wildman–Crippen LogP) is 2.68. The van der Waals surface area contributed by atoms with E-state index in [0.29, 0.717) is 6.42 Å². The van der Waals surface area contributed by atoms with Gasteiger partial charge in [0.15, 0.2) is 0 Å². The Bertz CT molecular complexity index is 347. The highest BCUT2D eigenvalue weighted by atomic mass is 35.5. The van der Waals surface area contributed by atoms with Crippen LogP contribution in [0.1, 0.15) is 39.1 Å². The molecule has 0 aromatic carbocycles. The maximum absolute atomic E-state index is 9.91. The molecular weight excluding hydrogens is 224 g/mol. The first-order valence-electron chi connectivity index (χ1n) is 5.93. The summed E-state index contributed by atoms with van der Waals surface area (Å²) >= 11 is 6.26. The Kier molecular flexibility index (Phi) is 4.81. The molecule has 1 N–H and O–H groups in total. The van der Waals surface area contributed by atoms with Crippen LogP contribution in [0.2, 0.25) is 5.02 Å². The third-order valence-corrected chi connectivity index (χ3v) is 3.30. The molecule has 0 saturated carbocycles. The SMILES string of the molecule is CCc1nn(CC)c(CC(O)C(C)C)c1Cl. The van der Waals surface area contributed by atoms with Crippen LogP contribution < -0.4 is 0 Å². The number of nitrogens with zero attached hydrogens (tertiary/aromatic N) is 2. The molecule has 4 heteroatoms. The van der Waals surface area contributed by atoms with Crippen LogP contribution in [-0.2, 0) is 19.4 Å². The highest BCUT2D eigenvalue weighted by Gasteiger charge is 2.19. The van der Waals surface area contributed by atoms with Crippen molar-refractivity contribution in [2.45, 2.75) is 53.2 Å². The van der Waals surface area contributed by atoms with Gasteiger partial charge in [-0.15, -0.1) is 0 Å². The molecule has 1 aromatic heterocycles. The van der Waals surface area contributed by atoms with Crippen LogP contribution >= 0.6 is 11.6 Å². The van der Waals surface area contributed by atoms with Crippen LogP contribution in [0.4, 0.5) is 0 Å². The molecule has 0 spiro atoms. The summed E-state index contributed by atoms with van der Waals surface area (Å²) in [5, 5.41) is 15.1. The van der Waals surface area contributed by atoms with E-state index in [4.69, 9.17) is 11.6 Å². The zero-order chi connectivity index (χ0) is 12.3. The third kappa shape index (κ3) is 2.77. The predicted molar refractivity (Wildman–Crippen MR) is 66.8 cm³/mol. The molecule has 0 aliphatic rings. The maximum Gasteiger partial charge on any atom is 0.0850 e. The van der Waals surface area contributed by atoms with Crippen molar-refractivity contribution in [3.05, 3.63) is 16.4 Å². The van der Waals surface area contributed by atoms with Gasteiger partial charge in [0.25, 0.3) is 0 Å². The van der Waals surface area contributed by atoms with Crippen molar-refractivity contribution in [1.29, 1.82) is 0 Å². The molecule has 16 heavy (non-hydrogen) atoms. The summed E-state index contributed by atoms with van der Waals surface area (Å²) in [5.41, 5.74) is 1.89. The van der Waals surface area contributed by atoms with Gasteiger partial charge in [0, 0.05) is 13.0 Å². The van der Waals surface area contributed by atoms with Gasteiger partial charge in [-0.05, 0) is 19.3 Å².